The lowest BCUT2D eigenvalue weighted by molar-refractivity contribution is -0.138. The standard InChI is InChI=1S/C15H10ClF3N2/c16-13-6-3-5-12(15(17,18)19)11(13)9-21-14-7-2-1-4-10(14)8-20-21/h1-8H,9H2. The molecule has 108 valence electrons. The number of benzene rings is 2. The average molecular weight is 311 g/mol. The van der Waals surface area contributed by atoms with Crippen molar-refractivity contribution in [1.82, 2.24) is 9.78 Å². The second-order valence-corrected chi connectivity index (χ2v) is 5.03. The van der Waals surface area contributed by atoms with Crippen molar-refractivity contribution in [1.29, 1.82) is 0 Å². The summed E-state index contributed by atoms with van der Waals surface area (Å²) in [5.74, 6) is 0. The van der Waals surface area contributed by atoms with Gasteiger partial charge in [0.15, 0.2) is 0 Å². The summed E-state index contributed by atoms with van der Waals surface area (Å²) < 4.78 is 40.8. The van der Waals surface area contributed by atoms with Gasteiger partial charge in [-0.05, 0) is 18.2 Å². The van der Waals surface area contributed by atoms with Crippen LogP contribution in [0.3, 0.4) is 0 Å². The molecule has 0 aliphatic carbocycles. The number of hydrogen-bond acceptors (Lipinski definition) is 1. The zero-order valence-electron chi connectivity index (χ0n) is 10.7. The number of rotatable bonds is 2. The van der Waals surface area contributed by atoms with E-state index in [9.17, 15) is 13.2 Å². The average Bonchev–Trinajstić information content (AvgIpc) is 2.83. The van der Waals surface area contributed by atoms with E-state index in [4.69, 9.17) is 11.6 Å². The van der Waals surface area contributed by atoms with Gasteiger partial charge in [-0.1, -0.05) is 35.9 Å². The van der Waals surface area contributed by atoms with E-state index in [1.54, 1.807) is 6.20 Å². The van der Waals surface area contributed by atoms with E-state index >= 15 is 0 Å². The number of para-hydroxylation sites is 1. The zero-order chi connectivity index (χ0) is 15.0. The van der Waals surface area contributed by atoms with Crippen LogP contribution in [0.15, 0.2) is 48.7 Å². The van der Waals surface area contributed by atoms with Crippen LogP contribution in [0.25, 0.3) is 10.9 Å². The van der Waals surface area contributed by atoms with Crippen molar-refractivity contribution in [3.8, 4) is 0 Å². The molecule has 0 fully saturated rings. The normalized spacial score (nSPS) is 12.0. The molecule has 2 nitrogen and oxygen atoms in total. The minimum atomic E-state index is -4.44. The lowest BCUT2D eigenvalue weighted by Crippen LogP contribution is -2.12. The first-order chi connectivity index (χ1) is 9.97. The zero-order valence-corrected chi connectivity index (χ0v) is 11.5. The van der Waals surface area contributed by atoms with Gasteiger partial charge in [-0.25, -0.2) is 0 Å². The summed E-state index contributed by atoms with van der Waals surface area (Å²) in [6.07, 6.45) is -2.82. The maximum Gasteiger partial charge on any atom is 0.416 e. The van der Waals surface area contributed by atoms with Gasteiger partial charge in [-0.2, -0.15) is 18.3 Å². The summed E-state index contributed by atoms with van der Waals surface area (Å²) in [5, 5.41) is 5.11. The Hall–Kier alpha value is -2.01. The molecule has 0 amide bonds. The monoisotopic (exact) mass is 310 g/mol. The third kappa shape index (κ3) is 2.61. The largest absolute Gasteiger partial charge is 0.416 e. The number of aromatic nitrogens is 2. The highest BCUT2D eigenvalue weighted by molar-refractivity contribution is 6.31. The number of nitrogens with zero attached hydrogens (tertiary/aromatic N) is 2. The van der Waals surface area contributed by atoms with E-state index in [-0.39, 0.29) is 17.1 Å². The van der Waals surface area contributed by atoms with Crippen molar-refractivity contribution in [3.05, 3.63) is 64.8 Å². The van der Waals surface area contributed by atoms with Crippen LogP contribution in [0.5, 0.6) is 0 Å². The van der Waals surface area contributed by atoms with E-state index < -0.39 is 11.7 Å². The fourth-order valence-electron chi connectivity index (χ4n) is 2.29. The van der Waals surface area contributed by atoms with E-state index in [0.717, 1.165) is 17.0 Å². The Morgan fingerprint density at radius 3 is 2.57 bits per heavy atom. The Kier molecular flexibility index (Phi) is 3.37. The fourth-order valence-corrected chi connectivity index (χ4v) is 2.52. The Morgan fingerprint density at radius 2 is 1.81 bits per heavy atom. The Balaban J connectivity index is 2.10. The van der Waals surface area contributed by atoms with Gasteiger partial charge in [0.2, 0.25) is 0 Å². The minimum absolute atomic E-state index is 0.0258. The Bertz CT molecular complexity index is 793. The van der Waals surface area contributed by atoms with Gasteiger partial charge >= 0.3 is 6.18 Å². The Morgan fingerprint density at radius 1 is 1.05 bits per heavy atom. The predicted molar refractivity (Wildman–Crippen MR) is 75.3 cm³/mol. The molecule has 0 aliphatic rings. The molecule has 0 spiro atoms. The summed E-state index contributed by atoms with van der Waals surface area (Å²) in [4.78, 5) is 0. The van der Waals surface area contributed by atoms with E-state index in [1.807, 2.05) is 24.3 Å². The first-order valence-electron chi connectivity index (χ1n) is 6.22. The lowest BCUT2D eigenvalue weighted by atomic mass is 10.1. The molecule has 0 saturated carbocycles. The molecule has 0 saturated heterocycles. The summed E-state index contributed by atoms with van der Waals surface area (Å²) >= 11 is 5.96. The second kappa shape index (κ2) is 5.07. The quantitative estimate of drug-likeness (QED) is 0.667. The van der Waals surface area contributed by atoms with Crippen LogP contribution in [0.2, 0.25) is 5.02 Å². The van der Waals surface area contributed by atoms with Crippen LogP contribution in [0, 0.1) is 0 Å². The minimum Gasteiger partial charge on any atom is -0.260 e. The molecule has 3 aromatic rings. The summed E-state index contributed by atoms with van der Waals surface area (Å²) in [6, 6.07) is 11.1. The van der Waals surface area contributed by atoms with Gasteiger partial charge in [-0.3, -0.25) is 4.68 Å². The van der Waals surface area contributed by atoms with Crippen molar-refractivity contribution in [3.63, 3.8) is 0 Å². The van der Waals surface area contributed by atoms with Crippen LogP contribution in [0.4, 0.5) is 13.2 Å². The maximum absolute atomic E-state index is 13.1. The third-order valence-electron chi connectivity index (χ3n) is 3.28. The number of hydrogen-bond donors (Lipinski definition) is 0. The molecule has 2 aromatic carbocycles. The molecule has 1 aromatic heterocycles. The van der Waals surface area contributed by atoms with Crippen LogP contribution in [-0.2, 0) is 12.7 Å². The van der Waals surface area contributed by atoms with Crippen molar-refractivity contribution in [2.75, 3.05) is 0 Å². The predicted octanol–water partition coefficient (Wildman–Crippen LogP) is 4.76. The van der Waals surface area contributed by atoms with Gasteiger partial charge < -0.3 is 0 Å². The highest BCUT2D eigenvalue weighted by atomic mass is 35.5. The summed E-state index contributed by atoms with van der Waals surface area (Å²) in [6.45, 7) is -0.0258. The van der Waals surface area contributed by atoms with Gasteiger partial charge in [0.05, 0.1) is 23.8 Å². The molecule has 0 N–H and O–H groups in total. The van der Waals surface area contributed by atoms with Gasteiger partial charge in [0, 0.05) is 16.0 Å². The number of fused-ring (bicyclic) bond motifs is 1. The fraction of sp³-hybridized carbons (Fsp3) is 0.133. The van der Waals surface area contributed by atoms with Crippen LogP contribution in [-0.4, -0.2) is 9.78 Å². The van der Waals surface area contributed by atoms with E-state index in [0.29, 0.717) is 0 Å². The number of halogens is 4. The van der Waals surface area contributed by atoms with Crippen LogP contribution < -0.4 is 0 Å². The van der Waals surface area contributed by atoms with E-state index in [1.165, 1.54) is 16.8 Å². The van der Waals surface area contributed by atoms with Crippen LogP contribution >= 0.6 is 11.6 Å². The molecular formula is C15H10ClF3N2. The number of alkyl halides is 3. The highest BCUT2D eigenvalue weighted by Gasteiger charge is 2.34. The maximum atomic E-state index is 13.1. The van der Waals surface area contributed by atoms with Crippen molar-refractivity contribution >= 4 is 22.5 Å². The summed E-state index contributed by atoms with van der Waals surface area (Å²) in [7, 11) is 0. The van der Waals surface area contributed by atoms with Gasteiger partial charge in [0.25, 0.3) is 0 Å². The smallest absolute Gasteiger partial charge is 0.260 e. The molecule has 0 atom stereocenters. The first-order valence-corrected chi connectivity index (χ1v) is 6.60. The molecule has 0 bridgehead atoms. The van der Waals surface area contributed by atoms with Gasteiger partial charge in [0.1, 0.15) is 0 Å². The Labute approximate surface area is 123 Å². The molecule has 3 rings (SSSR count). The molecule has 6 heteroatoms. The van der Waals surface area contributed by atoms with Crippen molar-refractivity contribution < 1.29 is 13.2 Å². The topological polar surface area (TPSA) is 17.8 Å². The van der Waals surface area contributed by atoms with Gasteiger partial charge in [-0.15, -0.1) is 0 Å². The molecular weight excluding hydrogens is 301 g/mol. The van der Waals surface area contributed by atoms with E-state index in [2.05, 4.69) is 5.10 Å². The van der Waals surface area contributed by atoms with Crippen molar-refractivity contribution in [2.45, 2.75) is 12.7 Å². The highest BCUT2D eigenvalue weighted by Crippen LogP contribution is 2.35. The molecule has 0 aliphatic heterocycles. The van der Waals surface area contributed by atoms with Crippen molar-refractivity contribution in [2.24, 2.45) is 0 Å². The lowest BCUT2D eigenvalue weighted by Gasteiger charge is -2.14. The molecule has 0 unspecified atom stereocenters. The second-order valence-electron chi connectivity index (χ2n) is 4.62. The molecule has 0 radical (unpaired) electrons. The van der Waals surface area contributed by atoms with Crippen LogP contribution in [0.1, 0.15) is 11.1 Å². The summed E-state index contributed by atoms with van der Waals surface area (Å²) in [5.41, 5.74) is 0.0700. The third-order valence-corrected chi connectivity index (χ3v) is 3.64. The molecule has 21 heavy (non-hydrogen) atoms. The SMILES string of the molecule is FC(F)(F)c1cccc(Cl)c1Cn1ncc2ccccc21. The molecule has 1 heterocycles. The first kappa shape index (κ1) is 13.9.